The molecule has 2 heterocycles. The Morgan fingerprint density at radius 1 is 1.09 bits per heavy atom. The number of imidazole rings is 1. The van der Waals surface area contributed by atoms with Crippen molar-refractivity contribution in [1.29, 1.82) is 0 Å². The van der Waals surface area contributed by atoms with Gasteiger partial charge in [0.25, 0.3) is 16.0 Å². The second-order valence-electron chi connectivity index (χ2n) is 10.6. The zero-order valence-electron chi connectivity index (χ0n) is 24.0. The van der Waals surface area contributed by atoms with E-state index in [1.165, 1.54) is 40.2 Å². The van der Waals surface area contributed by atoms with E-state index >= 15 is 0 Å². The van der Waals surface area contributed by atoms with Crippen molar-refractivity contribution < 1.29 is 37.2 Å². The van der Waals surface area contributed by atoms with Gasteiger partial charge in [0.2, 0.25) is 5.91 Å². The lowest BCUT2D eigenvalue weighted by atomic mass is 10.1. The Morgan fingerprint density at radius 2 is 1.81 bits per heavy atom. The number of likely N-dealkylation sites (tertiary alicyclic amines) is 1. The van der Waals surface area contributed by atoms with Gasteiger partial charge in [0, 0.05) is 12.6 Å². The van der Waals surface area contributed by atoms with Gasteiger partial charge >= 0.3 is 5.97 Å². The van der Waals surface area contributed by atoms with E-state index in [2.05, 4.69) is 17.2 Å². The second kappa shape index (κ2) is 13.8. The van der Waals surface area contributed by atoms with Gasteiger partial charge in [-0.15, -0.1) is 0 Å². The lowest BCUT2D eigenvalue weighted by Crippen LogP contribution is -2.44. The van der Waals surface area contributed by atoms with E-state index in [1.54, 1.807) is 0 Å². The third kappa shape index (κ3) is 7.99. The van der Waals surface area contributed by atoms with Gasteiger partial charge in [0.15, 0.2) is 5.82 Å². The van der Waals surface area contributed by atoms with Gasteiger partial charge in [-0.05, 0) is 37.6 Å². The average molecular weight is 613 g/mol. The number of carboxylic acids is 1. The molecule has 2 aromatic carbocycles. The van der Waals surface area contributed by atoms with Crippen LogP contribution < -0.4 is 10.1 Å². The summed E-state index contributed by atoms with van der Waals surface area (Å²) >= 11 is 0. The highest BCUT2D eigenvalue weighted by Crippen LogP contribution is 2.29. The first kappa shape index (κ1) is 31.7. The van der Waals surface area contributed by atoms with Crippen LogP contribution in [0.25, 0.3) is 0 Å². The Kier molecular flexibility index (Phi) is 10.2. The molecule has 1 aliphatic heterocycles. The molecule has 1 saturated heterocycles. The first-order chi connectivity index (χ1) is 20.5. The third-order valence-corrected chi connectivity index (χ3v) is 8.30. The molecule has 230 valence electrons. The quantitative estimate of drug-likeness (QED) is 0.188. The van der Waals surface area contributed by atoms with Crippen molar-refractivity contribution in [3.8, 4) is 5.75 Å². The number of unbranched alkanes of at least 4 members (excludes halogenated alkanes) is 3. The molecule has 43 heavy (non-hydrogen) atoms. The molecular weight excluding hydrogens is 576 g/mol. The molecule has 12 nitrogen and oxygen atoms in total. The van der Waals surface area contributed by atoms with E-state index in [9.17, 15) is 32.5 Å². The van der Waals surface area contributed by atoms with Crippen LogP contribution in [0.5, 0.6) is 5.75 Å². The number of rotatable bonds is 13. The van der Waals surface area contributed by atoms with Crippen molar-refractivity contribution in [3.63, 3.8) is 0 Å². The highest BCUT2D eigenvalue weighted by atomic mass is 32.2. The monoisotopic (exact) mass is 612 g/mol. The van der Waals surface area contributed by atoms with Crippen molar-refractivity contribution in [1.82, 2.24) is 14.5 Å². The predicted molar refractivity (Wildman–Crippen MR) is 158 cm³/mol. The number of aliphatic carboxylic acids is 1. The molecule has 0 spiro atoms. The minimum absolute atomic E-state index is 0.0540. The topological polar surface area (TPSA) is 168 Å². The van der Waals surface area contributed by atoms with E-state index in [1.807, 2.05) is 31.2 Å². The normalized spacial score (nSPS) is 17.4. The maximum Gasteiger partial charge on any atom is 0.326 e. The Bertz CT molecular complexity index is 1550. The van der Waals surface area contributed by atoms with Gasteiger partial charge in [-0.25, -0.2) is 9.78 Å². The van der Waals surface area contributed by atoms with Gasteiger partial charge in [0.1, 0.15) is 28.8 Å². The van der Waals surface area contributed by atoms with Crippen molar-refractivity contribution in [2.24, 2.45) is 0 Å². The van der Waals surface area contributed by atoms with Crippen molar-refractivity contribution in [2.75, 3.05) is 11.9 Å². The van der Waals surface area contributed by atoms with Gasteiger partial charge in [-0.2, -0.15) is 8.42 Å². The number of amides is 2. The summed E-state index contributed by atoms with van der Waals surface area (Å²) in [6, 6.07) is 10.7. The van der Waals surface area contributed by atoms with Crippen molar-refractivity contribution in [2.45, 2.75) is 75.5 Å². The molecule has 4 rings (SSSR count). The molecule has 1 aromatic heterocycles. The second-order valence-corrected chi connectivity index (χ2v) is 12.0. The molecule has 3 atom stereocenters. The van der Waals surface area contributed by atoms with Gasteiger partial charge in [-0.3, -0.25) is 14.1 Å². The average Bonchev–Trinajstić information content (AvgIpc) is 3.61. The van der Waals surface area contributed by atoms with Crippen molar-refractivity contribution >= 4 is 33.7 Å². The molecule has 0 saturated carbocycles. The summed E-state index contributed by atoms with van der Waals surface area (Å²) in [5, 5.41) is 12.5. The van der Waals surface area contributed by atoms with Crippen LogP contribution in [0.1, 0.15) is 67.4 Å². The first-order valence-corrected chi connectivity index (χ1v) is 15.6. The standard InChI is InChI=1S/C30H36N4O8S/c1-3-4-5-6-10-24(29(36)34-17-22(16-25(34)30(37)38)42-21-14-12-20(2)13-15-21)33-18-27(31-19-33)32-28(35)23-9-7-8-11-26(23)43(39,40)41/h7-9,11-15,18-19,22,24-25H,3-6,10,16-17H2,1-2H3,(H,32,35)(H,37,38)(H,39,40,41)/t22-,24+,25-/m0/s1. The summed E-state index contributed by atoms with van der Waals surface area (Å²) in [6.07, 6.45) is 6.43. The number of anilines is 1. The smallest absolute Gasteiger partial charge is 0.326 e. The number of aryl methyl sites for hydroxylation is 1. The number of ether oxygens (including phenoxy) is 1. The van der Waals surface area contributed by atoms with Crippen LogP contribution in [0, 0.1) is 6.92 Å². The van der Waals surface area contributed by atoms with Crippen LogP contribution in [-0.4, -0.2) is 69.0 Å². The van der Waals surface area contributed by atoms with E-state index in [0.717, 1.165) is 30.9 Å². The number of nitrogens with zero attached hydrogens (tertiary/aromatic N) is 3. The molecule has 13 heteroatoms. The molecule has 1 fully saturated rings. The van der Waals surface area contributed by atoms with E-state index in [0.29, 0.717) is 18.6 Å². The lowest BCUT2D eigenvalue weighted by molar-refractivity contribution is -0.149. The summed E-state index contributed by atoms with van der Waals surface area (Å²) < 4.78 is 40.5. The number of nitrogens with one attached hydrogen (secondary N) is 1. The lowest BCUT2D eigenvalue weighted by Gasteiger charge is -2.27. The zero-order chi connectivity index (χ0) is 31.1. The first-order valence-electron chi connectivity index (χ1n) is 14.2. The fourth-order valence-corrected chi connectivity index (χ4v) is 5.85. The molecule has 0 aliphatic carbocycles. The molecule has 1 aliphatic rings. The minimum Gasteiger partial charge on any atom is -0.488 e. The minimum atomic E-state index is -4.65. The Hall–Kier alpha value is -4.23. The summed E-state index contributed by atoms with van der Waals surface area (Å²) in [4.78, 5) is 44.0. The van der Waals surface area contributed by atoms with E-state index in [-0.39, 0.29) is 24.3 Å². The summed E-state index contributed by atoms with van der Waals surface area (Å²) in [7, 11) is -4.65. The predicted octanol–water partition coefficient (Wildman–Crippen LogP) is 4.34. The van der Waals surface area contributed by atoms with Crippen LogP contribution in [-0.2, 0) is 19.7 Å². The van der Waals surface area contributed by atoms with E-state index in [4.69, 9.17) is 4.74 Å². The van der Waals surface area contributed by atoms with Crippen LogP contribution in [0.2, 0.25) is 0 Å². The highest BCUT2D eigenvalue weighted by molar-refractivity contribution is 7.86. The number of benzene rings is 2. The largest absolute Gasteiger partial charge is 0.488 e. The highest BCUT2D eigenvalue weighted by Gasteiger charge is 2.43. The molecule has 0 bridgehead atoms. The maximum atomic E-state index is 14.0. The Labute approximate surface area is 250 Å². The van der Waals surface area contributed by atoms with Gasteiger partial charge in [0.05, 0.1) is 18.4 Å². The van der Waals surface area contributed by atoms with E-state index < -0.39 is 51.0 Å². The number of carbonyl (C=O) groups is 3. The fourth-order valence-electron chi connectivity index (χ4n) is 5.16. The summed E-state index contributed by atoms with van der Waals surface area (Å²) in [6.45, 7) is 4.12. The SMILES string of the molecule is CCCCCC[C@H](C(=O)N1C[C@@H](Oc2ccc(C)cc2)C[C@H]1C(=O)O)n1cnc(NC(=O)c2ccccc2S(=O)(=O)O)c1. The fraction of sp³-hybridized carbons (Fsp3) is 0.400. The molecular formula is C30H36N4O8S. The number of hydrogen-bond acceptors (Lipinski definition) is 7. The molecule has 0 unspecified atom stereocenters. The molecule has 2 amide bonds. The zero-order valence-corrected chi connectivity index (χ0v) is 24.9. The molecule has 3 N–H and O–H groups in total. The van der Waals surface area contributed by atoms with Crippen LogP contribution in [0.3, 0.4) is 0 Å². The number of carboxylic acid groups (broad SMARTS) is 1. The van der Waals surface area contributed by atoms with Crippen molar-refractivity contribution in [3.05, 3.63) is 72.2 Å². The number of hydrogen-bond donors (Lipinski definition) is 3. The summed E-state index contributed by atoms with van der Waals surface area (Å²) in [5.74, 6) is -1.69. The maximum absolute atomic E-state index is 14.0. The van der Waals surface area contributed by atoms with Gasteiger partial charge < -0.3 is 24.6 Å². The number of carbonyl (C=O) groups excluding carboxylic acids is 2. The van der Waals surface area contributed by atoms with Gasteiger partial charge in [-0.1, -0.05) is 62.4 Å². The third-order valence-electron chi connectivity index (χ3n) is 7.38. The molecule has 0 radical (unpaired) electrons. The van der Waals surface area contributed by atoms with Crippen LogP contribution in [0.15, 0.2) is 66.0 Å². The molecule has 3 aromatic rings. The van der Waals surface area contributed by atoms with Crippen LogP contribution >= 0.6 is 0 Å². The summed E-state index contributed by atoms with van der Waals surface area (Å²) in [5.41, 5.74) is 0.788. The Balaban J connectivity index is 1.55. The number of aromatic nitrogens is 2. The van der Waals surface area contributed by atoms with Crippen LogP contribution in [0.4, 0.5) is 5.82 Å². The Morgan fingerprint density at radius 3 is 2.49 bits per heavy atom.